The zero-order chi connectivity index (χ0) is 20.1. The molecule has 2 aromatic carbocycles. The lowest BCUT2D eigenvalue weighted by Gasteiger charge is -2.35. The first-order chi connectivity index (χ1) is 13.5. The van der Waals surface area contributed by atoms with E-state index in [1.54, 1.807) is 0 Å². The summed E-state index contributed by atoms with van der Waals surface area (Å²) in [7, 11) is 3.97. The molecule has 2 aromatic rings. The van der Waals surface area contributed by atoms with Crippen LogP contribution in [0.3, 0.4) is 0 Å². The first kappa shape index (κ1) is 20.2. The number of morpholine rings is 1. The predicted molar refractivity (Wildman–Crippen MR) is 105 cm³/mol. The average Bonchev–Trinajstić information content (AvgIpc) is 2.71. The summed E-state index contributed by atoms with van der Waals surface area (Å²) in [6.45, 7) is 3.17. The Morgan fingerprint density at radius 3 is 2.39 bits per heavy atom. The second-order valence-electron chi connectivity index (χ2n) is 6.99. The molecule has 1 amide bonds. The number of nitrogens with zero attached hydrogens (tertiary/aromatic N) is 2. The Bertz CT molecular complexity index is 806. The molecule has 1 N–H and O–H groups in total. The smallest absolute Gasteiger partial charge is 0.251 e. The maximum atomic E-state index is 13.4. The van der Waals surface area contributed by atoms with E-state index in [0.717, 1.165) is 36.5 Å². The number of anilines is 1. The average molecular weight is 389 g/mol. The van der Waals surface area contributed by atoms with Crippen LogP contribution in [0.2, 0.25) is 0 Å². The molecule has 1 aliphatic heterocycles. The Kier molecular flexibility index (Phi) is 6.59. The molecule has 1 heterocycles. The summed E-state index contributed by atoms with van der Waals surface area (Å²) in [4.78, 5) is 16.7. The fourth-order valence-corrected chi connectivity index (χ4v) is 3.27. The molecule has 5 nitrogen and oxygen atoms in total. The van der Waals surface area contributed by atoms with Gasteiger partial charge in [-0.2, -0.15) is 0 Å². The van der Waals surface area contributed by atoms with E-state index in [0.29, 0.717) is 19.8 Å². The molecule has 0 aromatic heterocycles. The number of amides is 1. The van der Waals surface area contributed by atoms with Crippen LogP contribution in [0.4, 0.5) is 14.5 Å². The standard InChI is InChI=1S/C21H25F2N3O2/c1-25(2)17-6-3-15(4-7-17)20(26-9-11-28-12-10-26)14-24-21(27)16-5-8-18(22)19(23)13-16/h3-8,13,20H,9-12,14H2,1-2H3,(H,24,27). The Morgan fingerprint density at radius 1 is 1.11 bits per heavy atom. The van der Waals surface area contributed by atoms with Gasteiger partial charge in [-0.15, -0.1) is 0 Å². The van der Waals surface area contributed by atoms with Gasteiger partial charge in [-0.3, -0.25) is 9.69 Å². The Labute approximate surface area is 163 Å². The van der Waals surface area contributed by atoms with E-state index in [1.165, 1.54) is 6.07 Å². The maximum absolute atomic E-state index is 13.4. The highest BCUT2D eigenvalue weighted by molar-refractivity contribution is 5.94. The molecular weight excluding hydrogens is 364 g/mol. The number of carbonyl (C=O) groups is 1. The summed E-state index contributed by atoms with van der Waals surface area (Å²) < 4.78 is 32.0. The quantitative estimate of drug-likeness (QED) is 0.825. The number of hydrogen-bond acceptors (Lipinski definition) is 4. The summed E-state index contributed by atoms with van der Waals surface area (Å²) in [6, 6.07) is 11.3. The summed E-state index contributed by atoms with van der Waals surface area (Å²) in [6.07, 6.45) is 0. The van der Waals surface area contributed by atoms with E-state index in [4.69, 9.17) is 4.74 Å². The van der Waals surface area contributed by atoms with Crippen molar-refractivity contribution in [2.45, 2.75) is 6.04 Å². The number of rotatable bonds is 6. The van der Waals surface area contributed by atoms with Crippen molar-refractivity contribution >= 4 is 11.6 Å². The highest BCUT2D eigenvalue weighted by Gasteiger charge is 2.23. The topological polar surface area (TPSA) is 44.8 Å². The minimum atomic E-state index is -1.03. The number of hydrogen-bond donors (Lipinski definition) is 1. The van der Waals surface area contributed by atoms with Gasteiger partial charge in [0, 0.05) is 45.0 Å². The zero-order valence-corrected chi connectivity index (χ0v) is 16.1. The normalized spacial score (nSPS) is 15.9. The number of ether oxygens (including phenoxy) is 1. The summed E-state index contributed by atoms with van der Waals surface area (Å²) in [5, 5.41) is 2.86. The number of halogens is 2. The molecule has 0 aliphatic carbocycles. The lowest BCUT2D eigenvalue weighted by Crippen LogP contribution is -2.43. The van der Waals surface area contributed by atoms with Gasteiger partial charge in [0.1, 0.15) is 0 Å². The minimum absolute atomic E-state index is 0.0330. The van der Waals surface area contributed by atoms with Crippen molar-refractivity contribution in [2.24, 2.45) is 0 Å². The first-order valence-electron chi connectivity index (χ1n) is 9.28. The maximum Gasteiger partial charge on any atom is 0.251 e. The van der Waals surface area contributed by atoms with E-state index < -0.39 is 17.5 Å². The van der Waals surface area contributed by atoms with Gasteiger partial charge in [0.15, 0.2) is 11.6 Å². The van der Waals surface area contributed by atoms with E-state index in [1.807, 2.05) is 31.1 Å². The molecular formula is C21H25F2N3O2. The highest BCUT2D eigenvalue weighted by Crippen LogP contribution is 2.24. The second kappa shape index (κ2) is 9.12. The van der Waals surface area contributed by atoms with Crippen LogP contribution in [0.15, 0.2) is 42.5 Å². The fourth-order valence-electron chi connectivity index (χ4n) is 3.27. The third-order valence-electron chi connectivity index (χ3n) is 4.92. The molecule has 1 aliphatic rings. The van der Waals surface area contributed by atoms with Crippen LogP contribution in [-0.4, -0.2) is 57.8 Å². The van der Waals surface area contributed by atoms with Crippen LogP contribution in [0, 0.1) is 11.6 Å². The molecule has 1 unspecified atom stereocenters. The third kappa shape index (κ3) is 4.85. The highest BCUT2D eigenvalue weighted by atomic mass is 19.2. The third-order valence-corrected chi connectivity index (χ3v) is 4.92. The number of carbonyl (C=O) groups excluding carboxylic acids is 1. The molecule has 1 saturated heterocycles. The van der Waals surface area contributed by atoms with Crippen LogP contribution >= 0.6 is 0 Å². The number of nitrogens with one attached hydrogen (secondary N) is 1. The Balaban J connectivity index is 1.75. The van der Waals surface area contributed by atoms with Crippen LogP contribution < -0.4 is 10.2 Å². The summed E-state index contributed by atoms with van der Waals surface area (Å²) >= 11 is 0. The summed E-state index contributed by atoms with van der Waals surface area (Å²) in [5.41, 5.74) is 2.27. The van der Waals surface area contributed by atoms with E-state index >= 15 is 0 Å². The van der Waals surface area contributed by atoms with Gasteiger partial charge in [-0.25, -0.2) is 8.78 Å². The zero-order valence-electron chi connectivity index (χ0n) is 16.1. The SMILES string of the molecule is CN(C)c1ccc(C(CNC(=O)c2ccc(F)c(F)c2)N2CCOCC2)cc1. The first-order valence-corrected chi connectivity index (χ1v) is 9.28. The van der Waals surface area contributed by atoms with Crippen molar-refractivity contribution < 1.29 is 18.3 Å². The van der Waals surface area contributed by atoms with Gasteiger partial charge in [0.2, 0.25) is 0 Å². The molecule has 0 saturated carbocycles. The van der Waals surface area contributed by atoms with Crippen molar-refractivity contribution in [3.05, 3.63) is 65.2 Å². The molecule has 0 bridgehead atoms. The summed E-state index contributed by atoms with van der Waals surface area (Å²) in [5.74, 6) is -2.43. The predicted octanol–water partition coefficient (Wildman–Crippen LogP) is 2.83. The number of benzene rings is 2. The molecule has 28 heavy (non-hydrogen) atoms. The van der Waals surface area contributed by atoms with Crippen molar-refractivity contribution in [1.82, 2.24) is 10.2 Å². The fraction of sp³-hybridized carbons (Fsp3) is 0.381. The Morgan fingerprint density at radius 2 is 1.79 bits per heavy atom. The molecule has 0 spiro atoms. The van der Waals surface area contributed by atoms with E-state index in [2.05, 4.69) is 22.3 Å². The van der Waals surface area contributed by atoms with Gasteiger partial charge < -0.3 is 15.0 Å². The molecule has 3 rings (SSSR count). The van der Waals surface area contributed by atoms with Crippen LogP contribution in [0.1, 0.15) is 22.0 Å². The molecule has 7 heteroatoms. The molecule has 0 radical (unpaired) electrons. The van der Waals surface area contributed by atoms with Crippen LogP contribution in [0.25, 0.3) is 0 Å². The van der Waals surface area contributed by atoms with E-state index in [9.17, 15) is 13.6 Å². The largest absolute Gasteiger partial charge is 0.379 e. The van der Waals surface area contributed by atoms with Crippen molar-refractivity contribution in [3.63, 3.8) is 0 Å². The van der Waals surface area contributed by atoms with Crippen molar-refractivity contribution in [2.75, 3.05) is 51.8 Å². The van der Waals surface area contributed by atoms with Gasteiger partial charge in [-0.05, 0) is 35.9 Å². The van der Waals surface area contributed by atoms with Crippen LogP contribution in [0.5, 0.6) is 0 Å². The lowest BCUT2D eigenvalue weighted by atomic mass is 10.0. The van der Waals surface area contributed by atoms with Gasteiger partial charge in [0.05, 0.1) is 19.3 Å². The molecule has 150 valence electrons. The van der Waals surface area contributed by atoms with Gasteiger partial charge in [0.25, 0.3) is 5.91 Å². The van der Waals surface area contributed by atoms with Gasteiger partial charge in [-0.1, -0.05) is 12.1 Å². The lowest BCUT2D eigenvalue weighted by molar-refractivity contribution is 0.0162. The Hall–Kier alpha value is -2.51. The van der Waals surface area contributed by atoms with Crippen molar-refractivity contribution in [3.8, 4) is 0 Å². The van der Waals surface area contributed by atoms with Crippen LogP contribution in [-0.2, 0) is 4.74 Å². The molecule has 1 atom stereocenters. The minimum Gasteiger partial charge on any atom is -0.379 e. The van der Waals surface area contributed by atoms with Crippen molar-refractivity contribution in [1.29, 1.82) is 0 Å². The molecule has 1 fully saturated rings. The monoisotopic (exact) mass is 389 g/mol. The van der Waals surface area contributed by atoms with Gasteiger partial charge >= 0.3 is 0 Å². The second-order valence-corrected chi connectivity index (χ2v) is 6.99. The van der Waals surface area contributed by atoms with E-state index in [-0.39, 0.29) is 11.6 Å².